The fourth-order valence-corrected chi connectivity index (χ4v) is 2.83. The van der Waals surface area contributed by atoms with Gasteiger partial charge in [-0.15, -0.1) is 0 Å². The number of hydrogen-bond donors (Lipinski definition) is 1. The summed E-state index contributed by atoms with van der Waals surface area (Å²) in [5, 5.41) is 10.1. The molecule has 1 aliphatic rings. The van der Waals surface area contributed by atoms with Crippen molar-refractivity contribution in [1.82, 2.24) is 0 Å². The molecule has 3 heteroatoms. The SMILES string of the molecule is COC(=O)C=C(C)C=CC=C(C)C=CC1=C(C)[C@H](O)CCC1(C)C. The number of carbonyl (C=O) groups excluding carboxylic acids is 1. The molecule has 1 N–H and O–H groups in total. The van der Waals surface area contributed by atoms with Gasteiger partial charge in [0.2, 0.25) is 0 Å². The molecule has 0 fully saturated rings. The molecule has 0 aromatic carbocycles. The van der Waals surface area contributed by atoms with Crippen molar-refractivity contribution >= 4 is 5.97 Å². The molecule has 0 amide bonds. The number of methoxy groups -OCH3 is 1. The molecule has 24 heavy (non-hydrogen) atoms. The highest BCUT2D eigenvalue weighted by molar-refractivity contribution is 5.83. The Bertz CT molecular complexity index is 613. The van der Waals surface area contributed by atoms with Crippen LogP contribution in [0.3, 0.4) is 0 Å². The van der Waals surface area contributed by atoms with Gasteiger partial charge in [0.25, 0.3) is 0 Å². The predicted octanol–water partition coefficient (Wildman–Crippen LogP) is 4.66. The first-order chi connectivity index (χ1) is 11.2. The highest BCUT2D eigenvalue weighted by Crippen LogP contribution is 2.40. The maximum Gasteiger partial charge on any atom is 0.330 e. The average Bonchev–Trinajstić information content (AvgIpc) is 2.51. The summed E-state index contributed by atoms with van der Waals surface area (Å²) in [7, 11) is 1.37. The van der Waals surface area contributed by atoms with Crippen LogP contribution in [0, 0.1) is 5.41 Å². The van der Waals surface area contributed by atoms with Gasteiger partial charge in [-0.25, -0.2) is 4.79 Å². The summed E-state index contributed by atoms with van der Waals surface area (Å²) in [5.74, 6) is -0.349. The van der Waals surface area contributed by atoms with Crippen molar-refractivity contribution in [3.63, 3.8) is 0 Å². The largest absolute Gasteiger partial charge is 0.466 e. The summed E-state index contributed by atoms with van der Waals surface area (Å²) >= 11 is 0. The van der Waals surface area contributed by atoms with Crippen molar-refractivity contribution in [3.8, 4) is 0 Å². The number of rotatable bonds is 5. The second-order valence-corrected chi connectivity index (χ2v) is 7.05. The van der Waals surface area contributed by atoms with Gasteiger partial charge in [0.15, 0.2) is 0 Å². The van der Waals surface area contributed by atoms with E-state index in [0.717, 1.165) is 29.6 Å². The molecule has 0 saturated heterocycles. The van der Waals surface area contributed by atoms with Crippen LogP contribution in [0.15, 0.2) is 58.7 Å². The second kappa shape index (κ2) is 8.84. The number of carbonyl (C=O) groups is 1. The fraction of sp³-hybridized carbons (Fsp3) is 0.476. The normalized spacial score (nSPS) is 22.5. The highest BCUT2D eigenvalue weighted by atomic mass is 16.5. The van der Waals surface area contributed by atoms with Crippen molar-refractivity contribution in [2.24, 2.45) is 5.41 Å². The minimum absolute atomic E-state index is 0.0930. The third kappa shape index (κ3) is 5.97. The molecule has 0 aromatic heterocycles. The summed E-state index contributed by atoms with van der Waals surface area (Å²) < 4.78 is 4.59. The van der Waals surface area contributed by atoms with Gasteiger partial charge >= 0.3 is 5.97 Å². The van der Waals surface area contributed by atoms with Gasteiger partial charge < -0.3 is 9.84 Å². The van der Waals surface area contributed by atoms with E-state index < -0.39 is 0 Å². The molecular weight excluding hydrogens is 300 g/mol. The zero-order valence-corrected chi connectivity index (χ0v) is 15.7. The lowest BCUT2D eigenvalue weighted by Crippen LogP contribution is -2.27. The van der Waals surface area contributed by atoms with Crippen LogP contribution < -0.4 is 0 Å². The lowest BCUT2D eigenvalue weighted by molar-refractivity contribution is -0.134. The molecular formula is C21H30O3. The van der Waals surface area contributed by atoms with Gasteiger partial charge in [0.05, 0.1) is 13.2 Å². The Morgan fingerprint density at radius 1 is 1.25 bits per heavy atom. The van der Waals surface area contributed by atoms with Crippen molar-refractivity contribution in [2.75, 3.05) is 7.11 Å². The van der Waals surface area contributed by atoms with E-state index in [4.69, 9.17) is 0 Å². The van der Waals surface area contributed by atoms with Gasteiger partial charge in [-0.05, 0) is 55.7 Å². The van der Waals surface area contributed by atoms with Crippen molar-refractivity contribution in [1.29, 1.82) is 0 Å². The van der Waals surface area contributed by atoms with Crippen LogP contribution in [0.5, 0.6) is 0 Å². The maximum atomic E-state index is 11.1. The number of hydrogen-bond acceptors (Lipinski definition) is 3. The molecule has 3 nitrogen and oxygen atoms in total. The summed E-state index contributed by atoms with van der Waals surface area (Å²) in [5.41, 5.74) is 4.33. The van der Waals surface area contributed by atoms with Crippen LogP contribution in [0.4, 0.5) is 0 Å². The summed E-state index contributed by atoms with van der Waals surface area (Å²) in [6.07, 6.45) is 12.9. The number of aliphatic hydroxyl groups is 1. The van der Waals surface area contributed by atoms with Gasteiger partial charge in [-0.1, -0.05) is 49.8 Å². The molecule has 0 spiro atoms. The van der Waals surface area contributed by atoms with E-state index in [1.807, 2.05) is 39.0 Å². The minimum Gasteiger partial charge on any atom is -0.466 e. The van der Waals surface area contributed by atoms with Gasteiger partial charge in [-0.2, -0.15) is 0 Å². The standard InChI is InChI=1S/C21H30O3/c1-15(8-7-9-16(2)14-20(23)24-6)10-11-18-17(3)19(22)12-13-21(18,4)5/h7-11,14,19,22H,12-13H2,1-6H3/t19-/m1/s1. The quantitative estimate of drug-likeness (QED) is 0.453. The topological polar surface area (TPSA) is 46.5 Å². The monoisotopic (exact) mass is 330 g/mol. The second-order valence-electron chi connectivity index (χ2n) is 7.05. The van der Waals surface area contributed by atoms with Crippen LogP contribution in [0.25, 0.3) is 0 Å². The molecule has 1 aliphatic carbocycles. The first kappa shape index (κ1) is 20.2. The van der Waals surface area contributed by atoms with Crippen molar-refractivity contribution in [2.45, 2.75) is 53.6 Å². The molecule has 0 aromatic rings. The molecule has 0 aliphatic heterocycles. The van der Waals surface area contributed by atoms with E-state index in [-0.39, 0.29) is 17.5 Å². The molecule has 0 unspecified atom stereocenters. The molecule has 0 heterocycles. The summed E-state index contributed by atoms with van der Waals surface area (Å²) in [6.45, 7) is 10.4. The Morgan fingerprint density at radius 2 is 1.92 bits per heavy atom. The van der Waals surface area contributed by atoms with E-state index >= 15 is 0 Å². The highest BCUT2D eigenvalue weighted by Gasteiger charge is 2.30. The minimum atomic E-state index is -0.349. The predicted molar refractivity (Wildman–Crippen MR) is 99.5 cm³/mol. The Hall–Kier alpha value is -1.87. The number of aliphatic hydroxyl groups excluding tert-OH is 1. The zero-order valence-electron chi connectivity index (χ0n) is 15.7. The van der Waals surface area contributed by atoms with E-state index in [1.54, 1.807) is 0 Å². The molecule has 1 rings (SSSR count). The molecule has 132 valence electrons. The van der Waals surface area contributed by atoms with Crippen LogP contribution in [-0.2, 0) is 9.53 Å². The maximum absolute atomic E-state index is 11.1. The van der Waals surface area contributed by atoms with Crippen LogP contribution >= 0.6 is 0 Å². The van der Waals surface area contributed by atoms with Crippen LogP contribution in [-0.4, -0.2) is 24.3 Å². The Kier molecular flexibility index (Phi) is 7.43. The number of ether oxygens (including phenoxy) is 1. The number of esters is 1. The van der Waals surface area contributed by atoms with Gasteiger partial charge in [0, 0.05) is 6.08 Å². The molecule has 0 bridgehead atoms. The number of allylic oxidation sites excluding steroid dienone is 8. The average molecular weight is 330 g/mol. The molecule has 1 atom stereocenters. The first-order valence-electron chi connectivity index (χ1n) is 8.36. The lowest BCUT2D eigenvalue weighted by Gasteiger charge is -2.35. The van der Waals surface area contributed by atoms with Crippen molar-refractivity contribution in [3.05, 3.63) is 58.7 Å². The van der Waals surface area contributed by atoms with E-state index in [1.165, 1.54) is 18.8 Å². The Labute approximate surface area is 146 Å². The zero-order chi connectivity index (χ0) is 18.3. The third-order valence-corrected chi connectivity index (χ3v) is 4.47. The smallest absolute Gasteiger partial charge is 0.330 e. The van der Waals surface area contributed by atoms with Gasteiger partial charge in [-0.3, -0.25) is 0 Å². The molecule has 0 radical (unpaired) electrons. The van der Waals surface area contributed by atoms with Crippen molar-refractivity contribution < 1.29 is 14.6 Å². The van der Waals surface area contributed by atoms with Crippen LogP contribution in [0.1, 0.15) is 47.5 Å². The van der Waals surface area contributed by atoms with E-state index in [0.29, 0.717) is 0 Å². The third-order valence-electron chi connectivity index (χ3n) is 4.47. The van der Waals surface area contributed by atoms with E-state index in [9.17, 15) is 9.90 Å². The first-order valence-corrected chi connectivity index (χ1v) is 8.36. The van der Waals surface area contributed by atoms with Crippen LogP contribution in [0.2, 0.25) is 0 Å². The van der Waals surface area contributed by atoms with E-state index in [2.05, 4.69) is 30.7 Å². The molecule has 0 saturated carbocycles. The fourth-order valence-electron chi connectivity index (χ4n) is 2.83. The Morgan fingerprint density at radius 3 is 2.54 bits per heavy atom. The Balaban J connectivity index is 2.84. The lowest BCUT2D eigenvalue weighted by atomic mass is 9.71. The summed E-state index contributed by atoms with van der Waals surface area (Å²) in [6, 6.07) is 0. The summed E-state index contributed by atoms with van der Waals surface area (Å²) in [4.78, 5) is 11.1. The van der Waals surface area contributed by atoms with Gasteiger partial charge in [0.1, 0.15) is 0 Å².